The molecule has 0 radical (unpaired) electrons. The van der Waals surface area contributed by atoms with E-state index in [1.165, 1.54) is 5.56 Å². The molecule has 3 nitrogen and oxygen atoms in total. The molecule has 0 aliphatic heterocycles. The summed E-state index contributed by atoms with van der Waals surface area (Å²) in [7, 11) is 0. The number of amides is 1. The molecule has 100 valence electrons. The van der Waals surface area contributed by atoms with Crippen molar-refractivity contribution in [1.82, 2.24) is 4.57 Å². The average molecular weight is 256 g/mol. The number of aryl methyl sites for hydroxylation is 3. The van der Waals surface area contributed by atoms with Gasteiger partial charge < -0.3 is 9.88 Å². The van der Waals surface area contributed by atoms with E-state index >= 15 is 0 Å². The van der Waals surface area contributed by atoms with Gasteiger partial charge in [0.15, 0.2) is 0 Å². The molecule has 1 aromatic heterocycles. The zero-order valence-electron chi connectivity index (χ0n) is 11.5. The Morgan fingerprint density at radius 1 is 1.21 bits per heavy atom. The van der Waals surface area contributed by atoms with Crippen molar-refractivity contribution in [3.8, 4) is 0 Å². The van der Waals surface area contributed by atoms with E-state index in [4.69, 9.17) is 0 Å². The van der Waals surface area contributed by atoms with E-state index in [0.29, 0.717) is 6.42 Å². The lowest BCUT2D eigenvalue weighted by atomic mass is 10.1. The second kappa shape index (κ2) is 6.23. The van der Waals surface area contributed by atoms with Gasteiger partial charge in [0.1, 0.15) is 0 Å². The lowest BCUT2D eigenvalue weighted by Crippen LogP contribution is -2.13. The van der Waals surface area contributed by atoms with Crippen molar-refractivity contribution in [2.24, 2.45) is 0 Å². The molecule has 0 saturated carbocycles. The van der Waals surface area contributed by atoms with Gasteiger partial charge in [0.05, 0.1) is 0 Å². The third kappa shape index (κ3) is 3.98. The number of carbonyl (C=O) groups excluding carboxylic acids is 1. The highest BCUT2D eigenvalue weighted by molar-refractivity contribution is 5.91. The Labute approximate surface area is 114 Å². The van der Waals surface area contributed by atoms with E-state index in [0.717, 1.165) is 24.2 Å². The summed E-state index contributed by atoms with van der Waals surface area (Å²) in [5.41, 5.74) is 3.23. The standard InChI is InChI=1S/C16H20N2O/c1-13-7-8-15(14(2)12-13)17-16(19)6-5-11-18-9-3-4-10-18/h3-4,7-10,12H,5-6,11H2,1-2H3,(H,17,19). The zero-order valence-corrected chi connectivity index (χ0v) is 11.5. The van der Waals surface area contributed by atoms with Crippen LogP contribution in [0, 0.1) is 13.8 Å². The van der Waals surface area contributed by atoms with Crippen molar-refractivity contribution in [2.45, 2.75) is 33.2 Å². The van der Waals surface area contributed by atoms with Gasteiger partial charge in [0.2, 0.25) is 5.91 Å². The van der Waals surface area contributed by atoms with Gasteiger partial charge in [-0.25, -0.2) is 0 Å². The number of anilines is 1. The molecule has 0 fully saturated rings. The molecule has 1 N–H and O–H groups in total. The minimum absolute atomic E-state index is 0.0825. The lowest BCUT2D eigenvalue weighted by Gasteiger charge is -2.09. The van der Waals surface area contributed by atoms with Gasteiger partial charge in [-0.15, -0.1) is 0 Å². The first-order chi connectivity index (χ1) is 9.15. The second-order valence-corrected chi connectivity index (χ2v) is 4.89. The number of nitrogens with one attached hydrogen (secondary N) is 1. The molecule has 0 atom stereocenters. The molecule has 0 aliphatic rings. The minimum Gasteiger partial charge on any atom is -0.354 e. The van der Waals surface area contributed by atoms with Gasteiger partial charge in [-0.05, 0) is 44.0 Å². The van der Waals surface area contributed by atoms with Crippen LogP contribution in [-0.2, 0) is 11.3 Å². The van der Waals surface area contributed by atoms with Gasteiger partial charge in [-0.3, -0.25) is 4.79 Å². The summed E-state index contributed by atoms with van der Waals surface area (Å²) in [5.74, 6) is 0.0825. The number of benzene rings is 1. The number of carbonyl (C=O) groups is 1. The highest BCUT2D eigenvalue weighted by Crippen LogP contribution is 2.16. The zero-order chi connectivity index (χ0) is 13.7. The summed E-state index contributed by atoms with van der Waals surface area (Å²) >= 11 is 0. The van der Waals surface area contributed by atoms with E-state index in [1.54, 1.807) is 0 Å². The first-order valence-electron chi connectivity index (χ1n) is 6.63. The largest absolute Gasteiger partial charge is 0.354 e. The summed E-state index contributed by atoms with van der Waals surface area (Å²) in [6.07, 6.45) is 5.43. The predicted octanol–water partition coefficient (Wildman–Crippen LogP) is 3.52. The van der Waals surface area contributed by atoms with E-state index in [9.17, 15) is 4.79 Å². The van der Waals surface area contributed by atoms with Gasteiger partial charge in [-0.1, -0.05) is 17.7 Å². The maximum atomic E-state index is 11.9. The Bertz CT molecular complexity index is 544. The van der Waals surface area contributed by atoms with Crippen LogP contribution in [0.1, 0.15) is 24.0 Å². The highest BCUT2D eigenvalue weighted by Gasteiger charge is 2.04. The predicted molar refractivity (Wildman–Crippen MR) is 78.2 cm³/mol. The van der Waals surface area contributed by atoms with Crippen LogP contribution < -0.4 is 5.32 Å². The summed E-state index contributed by atoms with van der Waals surface area (Å²) in [6, 6.07) is 10.1. The SMILES string of the molecule is Cc1ccc(NC(=O)CCCn2cccc2)c(C)c1. The fourth-order valence-corrected chi connectivity index (χ4v) is 2.11. The molecule has 0 unspecified atom stereocenters. The highest BCUT2D eigenvalue weighted by atomic mass is 16.1. The van der Waals surface area contributed by atoms with Crippen molar-refractivity contribution >= 4 is 11.6 Å². The van der Waals surface area contributed by atoms with Gasteiger partial charge in [-0.2, -0.15) is 0 Å². The molecule has 2 aromatic rings. The van der Waals surface area contributed by atoms with Crippen molar-refractivity contribution in [1.29, 1.82) is 0 Å². The summed E-state index contributed by atoms with van der Waals surface area (Å²) in [5, 5.41) is 2.97. The van der Waals surface area contributed by atoms with Crippen LogP contribution >= 0.6 is 0 Å². The van der Waals surface area contributed by atoms with Crippen LogP contribution in [0.15, 0.2) is 42.7 Å². The first kappa shape index (κ1) is 13.4. The fourth-order valence-electron chi connectivity index (χ4n) is 2.11. The molecule has 0 saturated heterocycles. The Balaban J connectivity index is 1.80. The molecular formula is C16H20N2O. The van der Waals surface area contributed by atoms with Gasteiger partial charge in [0.25, 0.3) is 0 Å². The molecule has 2 rings (SSSR count). The first-order valence-corrected chi connectivity index (χ1v) is 6.63. The summed E-state index contributed by atoms with van der Waals surface area (Å²) < 4.78 is 2.09. The molecule has 1 amide bonds. The maximum absolute atomic E-state index is 11.9. The monoisotopic (exact) mass is 256 g/mol. The van der Waals surface area contributed by atoms with Crippen LogP contribution in [0.25, 0.3) is 0 Å². The van der Waals surface area contributed by atoms with Crippen LogP contribution in [0.5, 0.6) is 0 Å². The third-order valence-electron chi connectivity index (χ3n) is 3.14. The molecular weight excluding hydrogens is 236 g/mol. The average Bonchev–Trinajstić information content (AvgIpc) is 2.86. The molecule has 1 aromatic carbocycles. The van der Waals surface area contributed by atoms with Crippen LogP contribution in [-0.4, -0.2) is 10.5 Å². The molecule has 0 bridgehead atoms. The molecule has 3 heteroatoms. The smallest absolute Gasteiger partial charge is 0.224 e. The topological polar surface area (TPSA) is 34.0 Å². The Kier molecular flexibility index (Phi) is 4.39. The quantitative estimate of drug-likeness (QED) is 0.872. The minimum atomic E-state index is 0.0825. The van der Waals surface area contributed by atoms with Crippen molar-refractivity contribution in [3.05, 3.63) is 53.9 Å². The maximum Gasteiger partial charge on any atom is 0.224 e. The number of nitrogens with zero attached hydrogens (tertiary/aromatic N) is 1. The van der Waals surface area contributed by atoms with E-state index < -0.39 is 0 Å². The van der Waals surface area contributed by atoms with E-state index in [2.05, 4.69) is 22.9 Å². The summed E-state index contributed by atoms with van der Waals surface area (Å²) in [6.45, 7) is 4.95. The van der Waals surface area contributed by atoms with Crippen molar-refractivity contribution in [3.63, 3.8) is 0 Å². The molecule has 19 heavy (non-hydrogen) atoms. The van der Waals surface area contributed by atoms with Crippen molar-refractivity contribution < 1.29 is 4.79 Å². The van der Waals surface area contributed by atoms with Gasteiger partial charge in [0, 0.05) is 31.0 Å². The Hall–Kier alpha value is -2.03. The fraction of sp³-hybridized carbons (Fsp3) is 0.312. The number of hydrogen-bond acceptors (Lipinski definition) is 1. The van der Waals surface area contributed by atoms with Crippen LogP contribution in [0.4, 0.5) is 5.69 Å². The normalized spacial score (nSPS) is 10.4. The second-order valence-electron chi connectivity index (χ2n) is 4.89. The molecule has 0 aliphatic carbocycles. The summed E-state index contributed by atoms with van der Waals surface area (Å²) in [4.78, 5) is 11.9. The Morgan fingerprint density at radius 3 is 2.63 bits per heavy atom. The van der Waals surface area contributed by atoms with E-state index in [-0.39, 0.29) is 5.91 Å². The number of aromatic nitrogens is 1. The third-order valence-corrected chi connectivity index (χ3v) is 3.14. The van der Waals surface area contributed by atoms with Gasteiger partial charge >= 0.3 is 0 Å². The Morgan fingerprint density at radius 2 is 1.95 bits per heavy atom. The van der Waals surface area contributed by atoms with E-state index in [1.807, 2.05) is 43.6 Å². The van der Waals surface area contributed by atoms with Crippen LogP contribution in [0.3, 0.4) is 0 Å². The number of hydrogen-bond donors (Lipinski definition) is 1. The molecule has 0 spiro atoms. The van der Waals surface area contributed by atoms with Crippen LogP contribution in [0.2, 0.25) is 0 Å². The molecule has 1 heterocycles. The van der Waals surface area contributed by atoms with Crippen molar-refractivity contribution in [2.75, 3.05) is 5.32 Å². The lowest BCUT2D eigenvalue weighted by molar-refractivity contribution is -0.116. The number of rotatable bonds is 5.